The molecule has 0 aliphatic heterocycles. The van der Waals surface area contributed by atoms with Crippen LogP contribution < -0.4 is 5.32 Å². The molecule has 23 heavy (non-hydrogen) atoms. The molecule has 1 aliphatic rings. The van der Waals surface area contributed by atoms with E-state index in [1.54, 1.807) is 18.4 Å². The van der Waals surface area contributed by atoms with Crippen LogP contribution in [-0.4, -0.2) is 23.2 Å². The summed E-state index contributed by atoms with van der Waals surface area (Å²) in [5.74, 6) is 0.664. The maximum Gasteiger partial charge on any atom is 0.274 e. The Morgan fingerprint density at radius 2 is 2.26 bits per heavy atom. The van der Waals surface area contributed by atoms with Gasteiger partial charge in [-0.15, -0.1) is 11.3 Å². The molecule has 2 aromatic heterocycles. The summed E-state index contributed by atoms with van der Waals surface area (Å²) in [5.41, 5.74) is 0.0365. The van der Waals surface area contributed by atoms with E-state index >= 15 is 0 Å². The van der Waals surface area contributed by atoms with Crippen LogP contribution in [-0.2, 0) is 15.1 Å². The first-order valence-electron chi connectivity index (χ1n) is 7.55. The van der Waals surface area contributed by atoms with Crippen LogP contribution in [0.3, 0.4) is 0 Å². The van der Waals surface area contributed by atoms with Crippen molar-refractivity contribution in [2.75, 3.05) is 7.11 Å². The van der Waals surface area contributed by atoms with Gasteiger partial charge in [0.05, 0.1) is 0 Å². The number of rotatable bonds is 5. The van der Waals surface area contributed by atoms with Gasteiger partial charge in [-0.1, -0.05) is 11.2 Å². The molecule has 1 fully saturated rings. The number of carbonyl (C=O) groups excluding carboxylic acids is 1. The van der Waals surface area contributed by atoms with E-state index in [0.29, 0.717) is 17.4 Å². The van der Waals surface area contributed by atoms with Gasteiger partial charge in [0.15, 0.2) is 0 Å². The van der Waals surface area contributed by atoms with Crippen molar-refractivity contribution in [3.63, 3.8) is 0 Å². The summed E-state index contributed by atoms with van der Waals surface area (Å²) in [7, 11) is 1.68. The lowest BCUT2D eigenvalue weighted by Gasteiger charge is -2.22. The van der Waals surface area contributed by atoms with E-state index < -0.39 is 5.60 Å². The molecule has 0 aromatic carbocycles. The van der Waals surface area contributed by atoms with Crippen LogP contribution in [0.15, 0.2) is 22.0 Å². The molecule has 0 saturated heterocycles. The molecule has 0 spiro atoms. The number of methoxy groups -OCH3 is 1. The molecule has 0 radical (unpaired) electrons. The van der Waals surface area contributed by atoms with E-state index in [-0.39, 0.29) is 5.91 Å². The van der Waals surface area contributed by atoms with Crippen LogP contribution in [0.25, 0.3) is 11.8 Å². The first-order chi connectivity index (χ1) is 11.1. The Morgan fingerprint density at radius 1 is 1.48 bits per heavy atom. The van der Waals surface area contributed by atoms with Gasteiger partial charge in [-0.25, -0.2) is 0 Å². The van der Waals surface area contributed by atoms with Crippen LogP contribution in [0.4, 0.5) is 0 Å². The SMILES string of the molecule is COC1(c2noc(C(=Cc3cccs3)NC(C)=O)n2)CCCC1. The van der Waals surface area contributed by atoms with Crippen molar-refractivity contribution in [2.24, 2.45) is 0 Å². The Hall–Kier alpha value is -1.99. The smallest absolute Gasteiger partial charge is 0.274 e. The second kappa shape index (κ2) is 6.64. The molecule has 2 heterocycles. The highest BCUT2D eigenvalue weighted by Crippen LogP contribution is 2.40. The fourth-order valence-corrected chi connectivity index (χ4v) is 3.50. The summed E-state index contributed by atoms with van der Waals surface area (Å²) in [4.78, 5) is 17.0. The summed E-state index contributed by atoms with van der Waals surface area (Å²) in [6, 6.07) is 3.90. The molecule has 1 N–H and O–H groups in total. The minimum absolute atomic E-state index is 0.185. The number of carbonyl (C=O) groups is 1. The number of amides is 1. The van der Waals surface area contributed by atoms with E-state index in [2.05, 4.69) is 15.5 Å². The van der Waals surface area contributed by atoms with Crippen molar-refractivity contribution in [1.82, 2.24) is 15.5 Å². The second-order valence-electron chi connectivity index (χ2n) is 5.58. The molecule has 0 bridgehead atoms. The zero-order valence-electron chi connectivity index (χ0n) is 13.2. The van der Waals surface area contributed by atoms with Crippen LogP contribution in [0.1, 0.15) is 49.2 Å². The zero-order valence-corrected chi connectivity index (χ0v) is 14.0. The van der Waals surface area contributed by atoms with Gasteiger partial charge < -0.3 is 14.6 Å². The van der Waals surface area contributed by atoms with Gasteiger partial charge >= 0.3 is 0 Å². The van der Waals surface area contributed by atoms with Crippen molar-refractivity contribution >= 4 is 29.0 Å². The molecule has 122 valence electrons. The summed E-state index contributed by atoms with van der Waals surface area (Å²) in [5, 5.41) is 8.83. The van der Waals surface area contributed by atoms with Crippen LogP contribution in [0.2, 0.25) is 0 Å². The van der Waals surface area contributed by atoms with E-state index in [1.165, 1.54) is 6.92 Å². The predicted molar refractivity (Wildman–Crippen MR) is 87.5 cm³/mol. The van der Waals surface area contributed by atoms with Crippen molar-refractivity contribution in [2.45, 2.75) is 38.2 Å². The number of nitrogens with one attached hydrogen (secondary N) is 1. The minimum Gasteiger partial charge on any atom is -0.370 e. The molecule has 7 heteroatoms. The highest BCUT2D eigenvalue weighted by molar-refractivity contribution is 7.10. The number of aromatic nitrogens is 2. The van der Waals surface area contributed by atoms with E-state index in [1.807, 2.05) is 23.6 Å². The number of nitrogens with zero attached hydrogens (tertiary/aromatic N) is 2. The maximum absolute atomic E-state index is 11.5. The minimum atomic E-state index is -0.466. The Labute approximate surface area is 138 Å². The molecule has 6 nitrogen and oxygen atoms in total. The molecule has 3 rings (SSSR count). The van der Waals surface area contributed by atoms with Gasteiger partial charge in [0, 0.05) is 18.9 Å². The largest absolute Gasteiger partial charge is 0.370 e. The Balaban J connectivity index is 1.93. The number of hydrogen-bond donors (Lipinski definition) is 1. The molecular weight excluding hydrogens is 314 g/mol. The third kappa shape index (κ3) is 3.35. The first-order valence-corrected chi connectivity index (χ1v) is 8.43. The zero-order chi connectivity index (χ0) is 16.3. The predicted octanol–water partition coefficient (Wildman–Crippen LogP) is 3.18. The number of ether oxygens (including phenoxy) is 1. The Bertz CT molecular complexity index is 700. The Morgan fingerprint density at radius 3 is 2.87 bits per heavy atom. The molecule has 1 amide bonds. The number of hydrogen-bond acceptors (Lipinski definition) is 6. The quantitative estimate of drug-likeness (QED) is 0.909. The normalized spacial score (nSPS) is 17.4. The lowest BCUT2D eigenvalue weighted by Crippen LogP contribution is -2.26. The average molecular weight is 333 g/mol. The van der Waals surface area contributed by atoms with Gasteiger partial charge in [0.25, 0.3) is 5.89 Å². The fourth-order valence-electron chi connectivity index (χ4n) is 2.84. The van der Waals surface area contributed by atoms with Crippen molar-refractivity contribution in [3.05, 3.63) is 34.1 Å². The van der Waals surface area contributed by atoms with Crippen LogP contribution in [0, 0.1) is 0 Å². The van der Waals surface area contributed by atoms with Gasteiger partial charge in [-0.3, -0.25) is 4.79 Å². The topological polar surface area (TPSA) is 77.3 Å². The van der Waals surface area contributed by atoms with Crippen LogP contribution >= 0.6 is 11.3 Å². The first kappa shape index (κ1) is 15.9. The third-order valence-electron chi connectivity index (χ3n) is 4.01. The average Bonchev–Trinajstić information content (AvgIpc) is 3.27. The van der Waals surface area contributed by atoms with Gasteiger partial charge in [0.1, 0.15) is 11.3 Å². The summed E-state index contributed by atoms with van der Waals surface area (Å²) in [6.45, 7) is 1.45. The highest BCUT2D eigenvalue weighted by atomic mass is 32.1. The monoisotopic (exact) mass is 333 g/mol. The molecular formula is C16H19N3O3S. The molecule has 0 unspecified atom stereocenters. The molecule has 0 atom stereocenters. The van der Waals surface area contributed by atoms with Gasteiger partial charge in [-0.2, -0.15) is 4.98 Å². The molecule has 1 aliphatic carbocycles. The van der Waals surface area contributed by atoms with E-state index in [4.69, 9.17) is 9.26 Å². The van der Waals surface area contributed by atoms with Gasteiger partial charge in [-0.05, 0) is 43.2 Å². The Kier molecular flexibility index (Phi) is 4.58. The maximum atomic E-state index is 11.5. The van der Waals surface area contributed by atoms with Crippen molar-refractivity contribution < 1.29 is 14.1 Å². The third-order valence-corrected chi connectivity index (χ3v) is 4.83. The fraction of sp³-hybridized carbons (Fsp3) is 0.438. The van der Waals surface area contributed by atoms with Crippen molar-refractivity contribution in [3.8, 4) is 0 Å². The van der Waals surface area contributed by atoms with E-state index in [0.717, 1.165) is 30.6 Å². The van der Waals surface area contributed by atoms with Crippen molar-refractivity contribution in [1.29, 1.82) is 0 Å². The number of thiophene rings is 1. The van der Waals surface area contributed by atoms with Gasteiger partial charge in [0.2, 0.25) is 11.7 Å². The highest BCUT2D eigenvalue weighted by Gasteiger charge is 2.40. The molecule has 2 aromatic rings. The summed E-state index contributed by atoms with van der Waals surface area (Å²) >= 11 is 1.57. The standard InChI is InChI=1S/C16H19N3O3S/c1-11(20)17-13(10-12-6-5-9-23-12)14-18-15(19-22-14)16(21-2)7-3-4-8-16/h5-6,9-10H,3-4,7-8H2,1-2H3,(H,17,20). The summed E-state index contributed by atoms with van der Waals surface area (Å²) < 4.78 is 11.1. The lowest BCUT2D eigenvalue weighted by atomic mass is 10.0. The van der Waals surface area contributed by atoms with E-state index in [9.17, 15) is 4.79 Å². The van der Waals surface area contributed by atoms with Crippen LogP contribution in [0.5, 0.6) is 0 Å². The summed E-state index contributed by atoms with van der Waals surface area (Å²) in [6.07, 6.45) is 5.76. The second-order valence-corrected chi connectivity index (χ2v) is 6.56. The molecule has 1 saturated carbocycles. The lowest BCUT2D eigenvalue weighted by molar-refractivity contribution is -0.117.